The van der Waals surface area contributed by atoms with E-state index in [1.54, 1.807) is 0 Å². The molecule has 0 spiro atoms. The number of hydrogen-bond donors (Lipinski definition) is 0. The molecule has 0 bridgehead atoms. The van der Waals surface area contributed by atoms with Crippen LogP contribution in [0.3, 0.4) is 0 Å². The van der Waals surface area contributed by atoms with E-state index in [4.69, 9.17) is 0 Å². The number of hydrogen-bond acceptors (Lipinski definition) is 2. The summed E-state index contributed by atoms with van der Waals surface area (Å²) in [5.41, 5.74) is 0. The molecule has 0 aromatic rings. The van der Waals surface area contributed by atoms with Gasteiger partial charge < -0.3 is 0 Å². The van der Waals surface area contributed by atoms with Gasteiger partial charge in [-0.25, -0.2) is 9.79 Å². The van der Waals surface area contributed by atoms with Crippen LogP contribution in [-0.4, -0.2) is 18.8 Å². The van der Waals surface area contributed by atoms with Gasteiger partial charge in [-0.2, -0.15) is 13.2 Å². The van der Waals surface area contributed by atoms with Crippen molar-refractivity contribution in [2.45, 2.75) is 31.9 Å². The quantitative estimate of drug-likeness (QED) is 0.505. The van der Waals surface area contributed by atoms with Crippen molar-refractivity contribution in [3.05, 3.63) is 0 Å². The van der Waals surface area contributed by atoms with Crippen molar-refractivity contribution < 1.29 is 18.0 Å². The van der Waals surface area contributed by atoms with Gasteiger partial charge in [0.05, 0.1) is 12.5 Å². The van der Waals surface area contributed by atoms with Crippen LogP contribution >= 0.6 is 0 Å². The summed E-state index contributed by atoms with van der Waals surface area (Å²) in [4.78, 5) is 13.1. The summed E-state index contributed by atoms with van der Waals surface area (Å²) in [7, 11) is 0. The summed E-state index contributed by atoms with van der Waals surface area (Å²) in [5, 5.41) is 0. The number of alkyl halides is 3. The molecule has 5 heteroatoms. The Labute approximate surface area is 80.2 Å². The fourth-order valence-electron chi connectivity index (χ4n) is 2.01. The van der Waals surface area contributed by atoms with Crippen molar-refractivity contribution in [3.8, 4) is 0 Å². The maximum absolute atomic E-state index is 12.5. The van der Waals surface area contributed by atoms with Gasteiger partial charge in [0.25, 0.3) is 0 Å². The van der Waals surface area contributed by atoms with Crippen LogP contribution in [0.25, 0.3) is 0 Å². The smallest absolute Gasteiger partial charge is 0.211 e. The van der Waals surface area contributed by atoms with Crippen LogP contribution in [0.2, 0.25) is 0 Å². The van der Waals surface area contributed by atoms with E-state index in [0.717, 1.165) is 6.42 Å². The number of halogens is 3. The molecule has 0 radical (unpaired) electrons. The van der Waals surface area contributed by atoms with Gasteiger partial charge in [-0.1, -0.05) is 12.8 Å². The van der Waals surface area contributed by atoms with Crippen molar-refractivity contribution in [3.63, 3.8) is 0 Å². The highest BCUT2D eigenvalue weighted by Crippen LogP contribution is 2.41. The van der Waals surface area contributed by atoms with Gasteiger partial charge in [-0.05, 0) is 18.8 Å². The number of nitrogens with zero attached hydrogens (tertiary/aromatic N) is 1. The van der Waals surface area contributed by atoms with Crippen molar-refractivity contribution >= 4 is 6.08 Å². The van der Waals surface area contributed by atoms with Gasteiger partial charge in [0.1, 0.15) is 0 Å². The van der Waals surface area contributed by atoms with Crippen LogP contribution in [0.5, 0.6) is 0 Å². The van der Waals surface area contributed by atoms with Crippen LogP contribution < -0.4 is 0 Å². The molecule has 1 fully saturated rings. The van der Waals surface area contributed by atoms with Crippen molar-refractivity contribution in [2.75, 3.05) is 6.54 Å². The first kappa shape index (κ1) is 11.2. The standard InChI is InChI=1S/C9H12F3NO/c10-9(11,12)8-4-2-1-3-7(8)5-13-6-14/h7-8H,1-5H2. The lowest BCUT2D eigenvalue weighted by atomic mass is 9.79. The highest BCUT2D eigenvalue weighted by molar-refractivity contribution is 5.32. The normalized spacial score (nSPS) is 28.2. The summed E-state index contributed by atoms with van der Waals surface area (Å²) >= 11 is 0. The predicted octanol–water partition coefficient (Wildman–Crippen LogP) is 2.69. The fraction of sp³-hybridized carbons (Fsp3) is 0.889. The van der Waals surface area contributed by atoms with Crippen molar-refractivity contribution in [2.24, 2.45) is 16.8 Å². The van der Waals surface area contributed by atoms with E-state index in [0.29, 0.717) is 12.8 Å². The largest absolute Gasteiger partial charge is 0.392 e. The summed E-state index contributed by atoms with van der Waals surface area (Å²) in [5.74, 6) is -1.81. The average Bonchev–Trinajstić information content (AvgIpc) is 2.14. The van der Waals surface area contributed by atoms with E-state index < -0.39 is 18.0 Å². The molecule has 0 aromatic heterocycles. The minimum atomic E-state index is -4.15. The van der Waals surface area contributed by atoms with Crippen LogP contribution in [-0.2, 0) is 4.79 Å². The Morgan fingerprint density at radius 3 is 2.50 bits per heavy atom. The SMILES string of the molecule is O=C=NCC1CCCCC1C(F)(F)F. The molecular formula is C9H12F3NO. The number of carbonyl (C=O) groups excluding carboxylic acids is 1. The Morgan fingerprint density at radius 2 is 1.93 bits per heavy atom. The number of rotatable bonds is 2. The molecule has 80 valence electrons. The lowest BCUT2D eigenvalue weighted by Gasteiger charge is -2.31. The lowest BCUT2D eigenvalue weighted by Crippen LogP contribution is -2.34. The van der Waals surface area contributed by atoms with Gasteiger partial charge in [-0.3, -0.25) is 0 Å². The molecule has 0 aliphatic heterocycles. The molecule has 14 heavy (non-hydrogen) atoms. The van der Waals surface area contributed by atoms with E-state index in [2.05, 4.69) is 4.99 Å². The minimum Gasteiger partial charge on any atom is -0.211 e. The van der Waals surface area contributed by atoms with Crippen LogP contribution in [0.1, 0.15) is 25.7 Å². The Balaban J connectivity index is 2.63. The van der Waals surface area contributed by atoms with Gasteiger partial charge in [0.2, 0.25) is 6.08 Å². The van der Waals surface area contributed by atoms with Crippen LogP contribution in [0, 0.1) is 11.8 Å². The van der Waals surface area contributed by atoms with E-state index in [1.165, 1.54) is 6.08 Å². The summed E-state index contributed by atoms with van der Waals surface area (Å²) in [6, 6.07) is 0. The lowest BCUT2D eigenvalue weighted by molar-refractivity contribution is -0.195. The average molecular weight is 207 g/mol. The van der Waals surface area contributed by atoms with Gasteiger partial charge in [-0.15, -0.1) is 0 Å². The van der Waals surface area contributed by atoms with Gasteiger partial charge in [0.15, 0.2) is 0 Å². The first-order valence-corrected chi connectivity index (χ1v) is 4.66. The molecule has 1 saturated carbocycles. The topological polar surface area (TPSA) is 29.4 Å². The molecule has 0 aromatic carbocycles. The Bertz CT molecular complexity index is 233. The van der Waals surface area contributed by atoms with Crippen LogP contribution in [0.15, 0.2) is 4.99 Å². The molecule has 0 heterocycles. The molecule has 2 atom stereocenters. The van der Waals surface area contributed by atoms with E-state index in [-0.39, 0.29) is 13.0 Å². The first-order chi connectivity index (χ1) is 6.55. The maximum Gasteiger partial charge on any atom is 0.392 e. The maximum atomic E-state index is 12.5. The molecule has 2 unspecified atom stereocenters. The third-order valence-corrected chi connectivity index (χ3v) is 2.72. The van der Waals surface area contributed by atoms with Crippen molar-refractivity contribution in [1.82, 2.24) is 0 Å². The molecule has 1 aliphatic rings. The molecule has 0 N–H and O–H groups in total. The molecule has 1 rings (SSSR count). The zero-order chi connectivity index (χ0) is 10.6. The highest BCUT2D eigenvalue weighted by atomic mass is 19.4. The van der Waals surface area contributed by atoms with Gasteiger partial charge in [0, 0.05) is 0 Å². The monoisotopic (exact) mass is 207 g/mol. The zero-order valence-electron chi connectivity index (χ0n) is 7.68. The molecular weight excluding hydrogens is 195 g/mol. The second-order valence-corrected chi connectivity index (χ2v) is 3.62. The van der Waals surface area contributed by atoms with E-state index in [9.17, 15) is 18.0 Å². The number of aliphatic imine (C=N–C) groups is 1. The first-order valence-electron chi connectivity index (χ1n) is 4.66. The zero-order valence-corrected chi connectivity index (χ0v) is 7.68. The minimum absolute atomic E-state index is 0.0341. The summed E-state index contributed by atoms with van der Waals surface area (Å²) in [6.45, 7) is -0.0341. The number of isocyanates is 1. The Morgan fingerprint density at radius 1 is 1.29 bits per heavy atom. The van der Waals surface area contributed by atoms with Crippen molar-refractivity contribution in [1.29, 1.82) is 0 Å². The second-order valence-electron chi connectivity index (χ2n) is 3.62. The third-order valence-electron chi connectivity index (χ3n) is 2.72. The molecule has 1 aliphatic carbocycles. The molecule has 0 amide bonds. The summed E-state index contributed by atoms with van der Waals surface area (Å²) < 4.78 is 37.4. The third kappa shape index (κ3) is 2.84. The molecule has 0 saturated heterocycles. The molecule has 2 nitrogen and oxygen atoms in total. The second kappa shape index (κ2) is 4.60. The van der Waals surface area contributed by atoms with E-state index in [1.807, 2.05) is 0 Å². The highest BCUT2D eigenvalue weighted by Gasteiger charge is 2.45. The van der Waals surface area contributed by atoms with Crippen LogP contribution in [0.4, 0.5) is 13.2 Å². The van der Waals surface area contributed by atoms with Gasteiger partial charge >= 0.3 is 6.18 Å². The Kier molecular flexibility index (Phi) is 3.69. The van der Waals surface area contributed by atoms with E-state index >= 15 is 0 Å². The summed E-state index contributed by atoms with van der Waals surface area (Å²) in [6.07, 6.45) is -0.762. The predicted molar refractivity (Wildman–Crippen MR) is 44.5 cm³/mol. The Hall–Kier alpha value is -0.830. The fourth-order valence-corrected chi connectivity index (χ4v) is 2.01.